The maximum Gasteiger partial charge on any atom is 0.138 e. The van der Waals surface area contributed by atoms with Gasteiger partial charge < -0.3 is 22.8 Å². The molecule has 0 aliphatic rings. The topological polar surface area (TPSA) is 55.4 Å². The van der Waals surface area contributed by atoms with Crippen molar-refractivity contribution in [2.24, 2.45) is 0 Å². The largest absolute Gasteiger partial charge is 0.309 e. The number of hydrogen-bond donors (Lipinski definition) is 0. The molecule has 8 nitrogen and oxygen atoms in total. The fraction of sp³-hybridized carbons (Fsp3) is 0. The number of nitrogens with zero attached hydrogens (tertiary/aromatic N) is 8. The van der Waals surface area contributed by atoms with Gasteiger partial charge in [0.2, 0.25) is 0 Å². The predicted molar refractivity (Wildman–Crippen MR) is 424 cm³/mol. The number of rotatable bonds is 9. The lowest BCUT2D eigenvalue weighted by atomic mass is 10.00. The van der Waals surface area contributed by atoms with Crippen molar-refractivity contribution in [1.29, 1.82) is 0 Å². The summed E-state index contributed by atoms with van der Waals surface area (Å²) < 4.78 is 14.6. The first-order valence-electron chi connectivity index (χ1n) is 34.9. The highest BCUT2D eigenvalue weighted by Gasteiger charge is 2.25. The van der Waals surface area contributed by atoms with E-state index >= 15 is 0 Å². The van der Waals surface area contributed by atoms with Crippen LogP contribution in [0.5, 0.6) is 0 Å². The van der Waals surface area contributed by atoms with Crippen molar-refractivity contribution in [2.75, 3.05) is 0 Å². The molecule has 22 rings (SSSR count). The normalized spacial score (nSPS) is 12.1. The van der Waals surface area contributed by atoms with Crippen molar-refractivity contribution in [1.82, 2.24) is 37.4 Å². The fourth-order valence-electron chi connectivity index (χ4n) is 17.0. The van der Waals surface area contributed by atoms with Gasteiger partial charge in [-0.25, -0.2) is 9.97 Å². The molecule has 0 saturated carbocycles. The molecule has 0 N–H and O–H groups in total. The first-order valence-corrected chi connectivity index (χ1v) is 34.9. The Kier molecular flexibility index (Phi) is 12.0. The van der Waals surface area contributed by atoms with Gasteiger partial charge in [0.1, 0.15) is 5.82 Å². The molecule has 22 aromatic rings. The zero-order chi connectivity index (χ0) is 66.7. The summed E-state index contributed by atoms with van der Waals surface area (Å²) in [4.78, 5) is 11.1. The number of aromatic nitrogens is 8. The Balaban J connectivity index is 0.816. The summed E-state index contributed by atoms with van der Waals surface area (Å²) in [7, 11) is 0. The molecular formula is C94H58N8. The van der Waals surface area contributed by atoms with Gasteiger partial charge in [-0.05, 0) is 151 Å². The molecule has 0 amide bonds. The molecule has 0 unspecified atom stereocenters. The van der Waals surface area contributed by atoms with Gasteiger partial charge in [-0.2, -0.15) is 0 Å². The second-order valence-corrected chi connectivity index (χ2v) is 26.9. The highest BCUT2D eigenvalue weighted by Crippen LogP contribution is 2.45. The van der Waals surface area contributed by atoms with Gasteiger partial charge in [-0.3, -0.25) is 4.57 Å². The van der Waals surface area contributed by atoms with Gasteiger partial charge in [0, 0.05) is 104 Å². The molecule has 0 fully saturated rings. The second-order valence-electron chi connectivity index (χ2n) is 26.9. The number of benzene rings is 14. The van der Waals surface area contributed by atoms with Crippen molar-refractivity contribution >= 4 is 131 Å². The van der Waals surface area contributed by atoms with Crippen LogP contribution in [-0.4, -0.2) is 37.4 Å². The molecule has 0 aliphatic carbocycles. The zero-order valence-electron chi connectivity index (χ0n) is 55.1. The van der Waals surface area contributed by atoms with Crippen LogP contribution in [0, 0.1) is 0 Å². The van der Waals surface area contributed by atoms with Gasteiger partial charge in [-0.1, -0.05) is 200 Å². The minimum atomic E-state index is 0.792. The Labute approximate surface area is 584 Å². The van der Waals surface area contributed by atoms with Crippen molar-refractivity contribution in [3.05, 3.63) is 352 Å². The lowest BCUT2D eigenvalue weighted by molar-refractivity contribution is 1.05. The fourth-order valence-corrected chi connectivity index (χ4v) is 17.0. The SMILES string of the molecule is c1ccc(-c2cccc(-c3cccc(-c4cc(-n5c6ccc(-n7c8ccccc8c8ccccc87)cc6c6cc(-n7c8ccccc8c8ccccc87)ccc65)ncc4-n4c5ccc(-n6c7ccccc7c7ccccc76)cc5c5cc(-n6c7ccccc7c7ccccc76)ccc54)c3)n2)cc1. The minimum Gasteiger partial charge on any atom is -0.309 e. The highest BCUT2D eigenvalue weighted by molar-refractivity contribution is 6.17. The molecule has 0 radical (unpaired) electrons. The number of pyridine rings is 2. The van der Waals surface area contributed by atoms with E-state index in [2.05, 4.69) is 379 Å². The maximum atomic E-state index is 5.78. The Morgan fingerprint density at radius 1 is 0.186 bits per heavy atom. The first-order chi connectivity index (χ1) is 50.6. The Bertz CT molecular complexity index is 6720. The predicted octanol–water partition coefficient (Wildman–Crippen LogP) is 24.1. The van der Waals surface area contributed by atoms with Crippen molar-refractivity contribution < 1.29 is 0 Å². The van der Waals surface area contributed by atoms with E-state index in [0.717, 1.165) is 156 Å². The van der Waals surface area contributed by atoms with Crippen LogP contribution in [0.4, 0.5) is 0 Å². The van der Waals surface area contributed by atoms with Gasteiger partial charge in [-0.15, -0.1) is 0 Å². The minimum absolute atomic E-state index is 0.792. The van der Waals surface area contributed by atoms with Crippen LogP contribution in [-0.2, 0) is 0 Å². The molecule has 8 heteroatoms. The molecule has 0 atom stereocenters. The molecule has 0 saturated heterocycles. The molecule has 0 bridgehead atoms. The average molecular weight is 1300 g/mol. The number of fused-ring (bicyclic) bond motifs is 18. The lowest BCUT2D eigenvalue weighted by Gasteiger charge is -2.18. The van der Waals surface area contributed by atoms with Gasteiger partial charge >= 0.3 is 0 Å². The van der Waals surface area contributed by atoms with E-state index in [1.165, 1.54) is 43.1 Å². The molecule has 8 aromatic heterocycles. The van der Waals surface area contributed by atoms with Crippen LogP contribution < -0.4 is 0 Å². The summed E-state index contributed by atoms with van der Waals surface area (Å²) in [6.07, 6.45) is 2.13. The van der Waals surface area contributed by atoms with Crippen LogP contribution in [0.3, 0.4) is 0 Å². The van der Waals surface area contributed by atoms with Crippen LogP contribution in [0.1, 0.15) is 0 Å². The molecule has 474 valence electrons. The van der Waals surface area contributed by atoms with Crippen LogP contribution in [0.2, 0.25) is 0 Å². The van der Waals surface area contributed by atoms with E-state index in [-0.39, 0.29) is 0 Å². The third-order valence-electron chi connectivity index (χ3n) is 21.4. The van der Waals surface area contributed by atoms with Crippen molar-refractivity contribution in [3.8, 4) is 67.9 Å². The Hall–Kier alpha value is -13.8. The zero-order valence-corrected chi connectivity index (χ0v) is 55.1. The van der Waals surface area contributed by atoms with Gasteiger partial charge in [0.05, 0.1) is 89.5 Å². The van der Waals surface area contributed by atoms with Crippen molar-refractivity contribution in [3.63, 3.8) is 0 Å². The van der Waals surface area contributed by atoms with Crippen molar-refractivity contribution in [2.45, 2.75) is 0 Å². The highest BCUT2D eigenvalue weighted by atomic mass is 15.1. The number of para-hydroxylation sites is 8. The van der Waals surface area contributed by atoms with Crippen LogP contribution in [0.15, 0.2) is 352 Å². The van der Waals surface area contributed by atoms with E-state index in [1.54, 1.807) is 0 Å². The second kappa shape index (κ2) is 21.8. The average Bonchev–Trinajstić information content (AvgIpc) is 1.57. The molecule has 14 aromatic carbocycles. The van der Waals surface area contributed by atoms with Gasteiger partial charge in [0.15, 0.2) is 0 Å². The Morgan fingerprint density at radius 2 is 0.471 bits per heavy atom. The maximum absolute atomic E-state index is 5.78. The lowest BCUT2D eigenvalue weighted by Crippen LogP contribution is -2.04. The summed E-state index contributed by atoms with van der Waals surface area (Å²) in [5.41, 5.74) is 24.7. The van der Waals surface area contributed by atoms with E-state index in [9.17, 15) is 0 Å². The first kappa shape index (κ1) is 56.2. The van der Waals surface area contributed by atoms with E-state index in [1.807, 2.05) is 0 Å². The van der Waals surface area contributed by atoms with E-state index in [4.69, 9.17) is 9.97 Å². The van der Waals surface area contributed by atoms with Gasteiger partial charge in [0.25, 0.3) is 0 Å². The monoisotopic (exact) mass is 1300 g/mol. The third kappa shape index (κ3) is 8.26. The van der Waals surface area contributed by atoms with Crippen LogP contribution in [0.25, 0.3) is 199 Å². The standard InChI is InChI=1S/C94H58N8/c1-2-22-59(23-3-1)79-34-21-35-80(96-79)61-25-20-24-60(52-61)74-57-94(102-91-50-46-64(99-85-40-16-8-30-70(85)71-31-9-17-41-86(71)99)55-77(91)78-56-65(47-51-92(78)102)100-87-42-18-10-32-72(87)73-33-11-19-43-88(73)100)95-58-93(74)101-89-48-44-62(97-81-36-12-4-26-66(81)67-27-5-13-37-82(67)97)53-75(89)76-54-63(45-49-90(76)101)98-83-38-14-6-28-68(83)69-29-7-15-39-84(69)98/h1-58H. The van der Waals surface area contributed by atoms with Crippen LogP contribution >= 0.6 is 0 Å². The molecular weight excluding hydrogens is 1240 g/mol. The summed E-state index contributed by atoms with van der Waals surface area (Å²) in [6.45, 7) is 0. The third-order valence-corrected chi connectivity index (χ3v) is 21.4. The van der Waals surface area contributed by atoms with E-state index < -0.39 is 0 Å². The molecule has 102 heavy (non-hydrogen) atoms. The number of hydrogen-bond acceptors (Lipinski definition) is 2. The van der Waals surface area contributed by atoms with E-state index in [0.29, 0.717) is 0 Å². The summed E-state index contributed by atoms with van der Waals surface area (Å²) in [6, 6.07) is 126. The summed E-state index contributed by atoms with van der Waals surface area (Å²) >= 11 is 0. The smallest absolute Gasteiger partial charge is 0.138 e. The Morgan fingerprint density at radius 3 is 0.833 bits per heavy atom. The molecule has 8 heterocycles. The summed E-state index contributed by atoms with van der Waals surface area (Å²) in [5, 5.41) is 14.3. The quantitative estimate of drug-likeness (QED) is 0.145. The molecule has 0 spiro atoms. The summed E-state index contributed by atoms with van der Waals surface area (Å²) in [5.74, 6) is 0.792. The molecule has 0 aliphatic heterocycles.